The molecule has 2 aromatic rings. The molecular weight excluding hydrogens is 316 g/mol. The van der Waals surface area contributed by atoms with Crippen LogP contribution in [0.4, 0.5) is 0 Å². The van der Waals surface area contributed by atoms with Gasteiger partial charge in [-0.1, -0.05) is 41.1 Å². The first-order valence-corrected chi connectivity index (χ1v) is 7.45. The minimum absolute atomic E-state index is 0.0245. The maximum Gasteiger partial charge on any atom is 0.197 e. The minimum atomic E-state index is -0.0245. The third-order valence-electron chi connectivity index (χ3n) is 2.96. The highest BCUT2D eigenvalue weighted by Crippen LogP contribution is 2.26. The fourth-order valence-corrected chi connectivity index (χ4v) is 2.61. The number of hydrogen-bond acceptors (Lipinski definition) is 2. The fraction of sp³-hybridized carbons (Fsp3) is 0.235. The van der Waals surface area contributed by atoms with Crippen LogP contribution in [0.5, 0.6) is 5.75 Å². The number of rotatable bonds is 5. The van der Waals surface area contributed by atoms with Gasteiger partial charge in [-0.3, -0.25) is 4.79 Å². The van der Waals surface area contributed by atoms with Gasteiger partial charge < -0.3 is 4.74 Å². The third kappa shape index (κ3) is 3.28. The van der Waals surface area contributed by atoms with Crippen LogP contribution in [0.15, 0.2) is 46.9 Å². The van der Waals surface area contributed by atoms with Gasteiger partial charge in [-0.2, -0.15) is 0 Å². The first-order valence-electron chi connectivity index (χ1n) is 6.66. The van der Waals surface area contributed by atoms with Crippen molar-refractivity contribution in [2.75, 3.05) is 6.61 Å². The highest BCUT2D eigenvalue weighted by Gasteiger charge is 2.16. The number of halogens is 1. The molecule has 2 rings (SSSR count). The molecule has 20 heavy (non-hydrogen) atoms. The van der Waals surface area contributed by atoms with E-state index in [2.05, 4.69) is 15.9 Å². The fourth-order valence-electron chi connectivity index (χ4n) is 1.94. The van der Waals surface area contributed by atoms with Gasteiger partial charge in [0.25, 0.3) is 0 Å². The quantitative estimate of drug-likeness (QED) is 0.736. The van der Waals surface area contributed by atoms with E-state index in [1.807, 2.05) is 50.2 Å². The molecule has 0 bridgehead atoms. The second-order valence-corrected chi connectivity index (χ2v) is 5.51. The molecule has 0 aliphatic carbocycles. The van der Waals surface area contributed by atoms with E-state index in [9.17, 15) is 4.79 Å². The van der Waals surface area contributed by atoms with Gasteiger partial charge in [-0.05, 0) is 43.2 Å². The lowest BCUT2D eigenvalue weighted by Gasteiger charge is -2.11. The lowest BCUT2D eigenvalue weighted by Crippen LogP contribution is -2.06. The maximum atomic E-state index is 12.7. The molecule has 0 heterocycles. The lowest BCUT2D eigenvalue weighted by molar-refractivity contribution is 0.103. The Morgan fingerprint density at radius 2 is 1.90 bits per heavy atom. The van der Waals surface area contributed by atoms with Crippen molar-refractivity contribution in [3.63, 3.8) is 0 Å². The summed E-state index contributed by atoms with van der Waals surface area (Å²) in [6, 6.07) is 13.1. The van der Waals surface area contributed by atoms with Gasteiger partial charge in [0, 0.05) is 10.0 Å². The summed E-state index contributed by atoms with van der Waals surface area (Å²) < 4.78 is 6.47. The minimum Gasteiger partial charge on any atom is -0.493 e. The summed E-state index contributed by atoms with van der Waals surface area (Å²) in [4.78, 5) is 12.7. The predicted molar refractivity (Wildman–Crippen MR) is 84.5 cm³/mol. The van der Waals surface area contributed by atoms with Crippen LogP contribution in [0.1, 0.15) is 34.8 Å². The van der Waals surface area contributed by atoms with E-state index in [1.165, 1.54) is 0 Å². The van der Waals surface area contributed by atoms with Crippen molar-refractivity contribution in [1.29, 1.82) is 0 Å². The molecule has 0 N–H and O–H groups in total. The van der Waals surface area contributed by atoms with Crippen LogP contribution in [0.25, 0.3) is 0 Å². The molecule has 2 aromatic carbocycles. The van der Waals surface area contributed by atoms with Crippen LogP contribution in [0, 0.1) is 6.92 Å². The Morgan fingerprint density at radius 1 is 1.15 bits per heavy atom. The van der Waals surface area contributed by atoms with E-state index in [1.54, 1.807) is 6.07 Å². The second-order valence-electron chi connectivity index (χ2n) is 4.66. The molecule has 0 fully saturated rings. The van der Waals surface area contributed by atoms with E-state index in [-0.39, 0.29) is 5.78 Å². The number of hydrogen-bond donors (Lipinski definition) is 0. The van der Waals surface area contributed by atoms with Gasteiger partial charge >= 0.3 is 0 Å². The van der Waals surface area contributed by atoms with Crippen molar-refractivity contribution in [2.45, 2.75) is 20.3 Å². The van der Waals surface area contributed by atoms with Gasteiger partial charge in [0.2, 0.25) is 0 Å². The molecule has 0 unspecified atom stereocenters. The Bertz CT molecular complexity index is 620. The lowest BCUT2D eigenvalue weighted by atomic mass is 10.0. The Morgan fingerprint density at radius 3 is 2.60 bits per heavy atom. The average molecular weight is 333 g/mol. The topological polar surface area (TPSA) is 26.3 Å². The average Bonchev–Trinajstić information content (AvgIpc) is 2.45. The van der Waals surface area contributed by atoms with E-state index < -0.39 is 0 Å². The molecule has 2 nitrogen and oxygen atoms in total. The monoisotopic (exact) mass is 332 g/mol. The van der Waals surface area contributed by atoms with Gasteiger partial charge in [0.05, 0.1) is 12.2 Å². The van der Waals surface area contributed by atoms with Crippen LogP contribution in [0.2, 0.25) is 0 Å². The van der Waals surface area contributed by atoms with Crippen molar-refractivity contribution >= 4 is 21.7 Å². The highest BCUT2D eigenvalue weighted by atomic mass is 79.9. The van der Waals surface area contributed by atoms with E-state index in [0.29, 0.717) is 23.5 Å². The molecule has 0 saturated carbocycles. The molecule has 0 aliphatic rings. The van der Waals surface area contributed by atoms with Gasteiger partial charge in [0.1, 0.15) is 5.75 Å². The Labute approximate surface area is 127 Å². The van der Waals surface area contributed by atoms with Crippen molar-refractivity contribution in [3.8, 4) is 5.75 Å². The number of para-hydroxylation sites is 1. The number of aryl methyl sites for hydroxylation is 1. The number of benzene rings is 2. The summed E-state index contributed by atoms with van der Waals surface area (Å²) in [7, 11) is 0. The summed E-state index contributed by atoms with van der Waals surface area (Å²) in [5, 5.41) is 0. The molecule has 0 spiro atoms. The van der Waals surface area contributed by atoms with E-state index in [0.717, 1.165) is 16.5 Å². The zero-order chi connectivity index (χ0) is 14.5. The van der Waals surface area contributed by atoms with Gasteiger partial charge in [0.15, 0.2) is 5.78 Å². The van der Waals surface area contributed by atoms with Crippen molar-refractivity contribution in [1.82, 2.24) is 0 Å². The first-order chi connectivity index (χ1) is 9.63. The van der Waals surface area contributed by atoms with E-state index in [4.69, 9.17) is 4.74 Å². The number of ketones is 1. The number of carbonyl (C=O) groups excluding carboxylic acids is 1. The molecule has 0 aromatic heterocycles. The second kappa shape index (κ2) is 6.71. The standard InChI is InChI=1S/C17H17BrO2/c1-3-10-20-16-7-5-4-6-14(16)17(19)13-9-8-12(2)11-15(13)18/h4-9,11H,3,10H2,1-2H3. The summed E-state index contributed by atoms with van der Waals surface area (Å²) in [5.41, 5.74) is 2.37. The van der Waals surface area contributed by atoms with Crippen LogP contribution < -0.4 is 4.74 Å². The predicted octanol–water partition coefficient (Wildman–Crippen LogP) is 4.78. The third-order valence-corrected chi connectivity index (χ3v) is 3.62. The molecule has 0 aliphatic heterocycles. The summed E-state index contributed by atoms with van der Waals surface area (Å²) in [6.07, 6.45) is 0.913. The Hall–Kier alpha value is -1.61. The van der Waals surface area contributed by atoms with E-state index >= 15 is 0 Å². The summed E-state index contributed by atoms with van der Waals surface area (Å²) in [5.74, 6) is 0.621. The van der Waals surface area contributed by atoms with Crippen molar-refractivity contribution < 1.29 is 9.53 Å². The number of carbonyl (C=O) groups is 1. The smallest absolute Gasteiger partial charge is 0.197 e. The largest absolute Gasteiger partial charge is 0.493 e. The highest BCUT2D eigenvalue weighted by molar-refractivity contribution is 9.10. The summed E-state index contributed by atoms with van der Waals surface area (Å²) >= 11 is 3.46. The normalized spacial score (nSPS) is 10.3. The molecule has 0 saturated heterocycles. The van der Waals surface area contributed by atoms with Crippen LogP contribution in [0.3, 0.4) is 0 Å². The first kappa shape index (κ1) is 14.8. The molecule has 0 amide bonds. The van der Waals surface area contributed by atoms with Crippen LogP contribution in [-0.4, -0.2) is 12.4 Å². The summed E-state index contributed by atoms with van der Waals surface area (Å²) in [6.45, 7) is 4.65. The SMILES string of the molecule is CCCOc1ccccc1C(=O)c1ccc(C)cc1Br. The molecule has 3 heteroatoms. The van der Waals surface area contributed by atoms with Crippen LogP contribution >= 0.6 is 15.9 Å². The molecule has 0 atom stereocenters. The Balaban J connectivity index is 2.38. The molecule has 104 valence electrons. The van der Waals surface area contributed by atoms with Gasteiger partial charge in [-0.25, -0.2) is 0 Å². The molecular formula is C17H17BrO2. The zero-order valence-electron chi connectivity index (χ0n) is 11.7. The molecule has 0 radical (unpaired) electrons. The van der Waals surface area contributed by atoms with Gasteiger partial charge in [-0.15, -0.1) is 0 Å². The van der Waals surface area contributed by atoms with Crippen LogP contribution in [-0.2, 0) is 0 Å². The Kier molecular flexibility index (Phi) is 4.96. The number of ether oxygens (including phenoxy) is 1. The maximum absolute atomic E-state index is 12.7. The zero-order valence-corrected chi connectivity index (χ0v) is 13.2. The van der Waals surface area contributed by atoms with Crippen molar-refractivity contribution in [2.24, 2.45) is 0 Å². The van der Waals surface area contributed by atoms with Crippen molar-refractivity contribution in [3.05, 3.63) is 63.6 Å².